The predicted molar refractivity (Wildman–Crippen MR) is 104 cm³/mol. The van der Waals surface area contributed by atoms with Gasteiger partial charge in [-0.3, -0.25) is 4.79 Å². The average Bonchev–Trinajstić information content (AvgIpc) is 3.21. The van der Waals surface area contributed by atoms with Gasteiger partial charge in [-0.1, -0.05) is 42.5 Å². The molecule has 26 heavy (non-hydrogen) atoms. The van der Waals surface area contributed by atoms with Crippen molar-refractivity contribution in [2.45, 2.75) is 38.2 Å². The largest absolute Gasteiger partial charge is 0.367 e. The van der Waals surface area contributed by atoms with Gasteiger partial charge in [0.1, 0.15) is 0 Å². The van der Waals surface area contributed by atoms with Crippen LogP contribution in [-0.4, -0.2) is 50.6 Å². The van der Waals surface area contributed by atoms with E-state index in [4.69, 9.17) is 4.74 Å². The van der Waals surface area contributed by atoms with Crippen LogP contribution in [0.3, 0.4) is 0 Å². The molecule has 1 fully saturated rings. The molecule has 1 amide bonds. The van der Waals surface area contributed by atoms with Crippen LogP contribution in [0.15, 0.2) is 42.5 Å². The van der Waals surface area contributed by atoms with Crippen molar-refractivity contribution in [2.75, 3.05) is 39.8 Å². The minimum Gasteiger partial charge on any atom is -0.367 e. The number of amides is 1. The molecule has 142 valence electrons. The standard InChI is InChI=1S/C22H32N2O2/c1-26-21(20-12-6-3-7-13-20)22(25)24(17-16-23-14-8-9-15-23)18-19-10-4-2-5-11-19/h2-4,6-7,12-13,19,21H,5,8-11,14-18H2,1H3/p+1/t19-,21-/m1/s1. The van der Waals surface area contributed by atoms with Crippen LogP contribution in [0.5, 0.6) is 0 Å². The van der Waals surface area contributed by atoms with Crippen molar-refractivity contribution in [3.8, 4) is 0 Å². The Balaban J connectivity index is 1.68. The minimum atomic E-state index is -0.496. The Bertz CT molecular complexity index is 581. The molecular formula is C22H33N2O2+. The molecule has 2 atom stereocenters. The number of ether oxygens (including phenoxy) is 1. The van der Waals surface area contributed by atoms with E-state index in [2.05, 4.69) is 17.1 Å². The van der Waals surface area contributed by atoms with Gasteiger partial charge in [-0.15, -0.1) is 0 Å². The maximum atomic E-state index is 13.3. The van der Waals surface area contributed by atoms with E-state index in [1.807, 2.05) is 30.3 Å². The average molecular weight is 358 g/mol. The van der Waals surface area contributed by atoms with Crippen molar-refractivity contribution >= 4 is 5.91 Å². The zero-order valence-electron chi connectivity index (χ0n) is 16.0. The molecule has 1 aromatic rings. The van der Waals surface area contributed by atoms with Gasteiger partial charge in [0.15, 0.2) is 6.10 Å². The lowest BCUT2D eigenvalue weighted by molar-refractivity contribution is -0.886. The maximum absolute atomic E-state index is 13.3. The summed E-state index contributed by atoms with van der Waals surface area (Å²) in [7, 11) is 1.64. The van der Waals surface area contributed by atoms with E-state index in [0.29, 0.717) is 5.92 Å². The summed E-state index contributed by atoms with van der Waals surface area (Å²) in [6.07, 6.45) is 10.1. The molecule has 3 rings (SSSR count). The number of carbonyl (C=O) groups excluding carboxylic acids is 1. The van der Waals surface area contributed by atoms with Crippen LogP contribution in [-0.2, 0) is 9.53 Å². The number of hydrogen-bond donors (Lipinski definition) is 1. The molecule has 0 aromatic heterocycles. The number of carbonyl (C=O) groups is 1. The number of methoxy groups -OCH3 is 1. The van der Waals surface area contributed by atoms with E-state index in [1.54, 1.807) is 12.0 Å². The lowest BCUT2D eigenvalue weighted by atomic mass is 9.93. The van der Waals surface area contributed by atoms with Crippen molar-refractivity contribution in [1.82, 2.24) is 4.90 Å². The Hall–Kier alpha value is -1.65. The summed E-state index contributed by atoms with van der Waals surface area (Å²) in [5, 5.41) is 0. The Morgan fingerprint density at radius 2 is 2.00 bits per heavy atom. The topological polar surface area (TPSA) is 34.0 Å². The van der Waals surface area contributed by atoms with Gasteiger partial charge < -0.3 is 14.5 Å². The SMILES string of the molecule is CO[C@@H](C(=O)N(CC[NH+]1CCCC1)C[C@@H]1CC=CCC1)c1ccccc1. The lowest BCUT2D eigenvalue weighted by Gasteiger charge is -2.31. The molecule has 0 unspecified atom stereocenters. The monoisotopic (exact) mass is 357 g/mol. The van der Waals surface area contributed by atoms with Crippen LogP contribution >= 0.6 is 0 Å². The van der Waals surface area contributed by atoms with Gasteiger partial charge in [0.25, 0.3) is 5.91 Å². The molecule has 1 aliphatic carbocycles. The van der Waals surface area contributed by atoms with Crippen molar-refractivity contribution in [3.05, 3.63) is 48.0 Å². The Kier molecular flexibility index (Phi) is 7.27. The first-order chi connectivity index (χ1) is 12.8. The Morgan fingerprint density at radius 1 is 1.23 bits per heavy atom. The van der Waals surface area contributed by atoms with E-state index in [9.17, 15) is 4.79 Å². The van der Waals surface area contributed by atoms with Crippen molar-refractivity contribution < 1.29 is 14.4 Å². The maximum Gasteiger partial charge on any atom is 0.256 e. The van der Waals surface area contributed by atoms with Crippen molar-refractivity contribution in [2.24, 2.45) is 5.92 Å². The zero-order chi connectivity index (χ0) is 18.2. The first-order valence-corrected chi connectivity index (χ1v) is 10.1. The highest BCUT2D eigenvalue weighted by Gasteiger charge is 2.29. The third-order valence-electron chi connectivity index (χ3n) is 5.78. The van der Waals surface area contributed by atoms with E-state index < -0.39 is 6.10 Å². The fourth-order valence-electron chi connectivity index (χ4n) is 4.22. The second kappa shape index (κ2) is 9.89. The molecule has 0 bridgehead atoms. The fourth-order valence-corrected chi connectivity index (χ4v) is 4.22. The summed E-state index contributed by atoms with van der Waals surface area (Å²) in [6, 6.07) is 9.89. The van der Waals surface area contributed by atoms with Gasteiger partial charge in [-0.2, -0.15) is 0 Å². The Morgan fingerprint density at radius 3 is 2.65 bits per heavy atom. The molecule has 0 spiro atoms. The molecule has 4 nitrogen and oxygen atoms in total. The number of allylic oxidation sites excluding steroid dienone is 2. The molecule has 4 heteroatoms. The second-order valence-electron chi connectivity index (χ2n) is 7.67. The first kappa shape index (κ1) is 19.1. The first-order valence-electron chi connectivity index (χ1n) is 10.1. The summed E-state index contributed by atoms with van der Waals surface area (Å²) in [4.78, 5) is 17.0. The summed E-state index contributed by atoms with van der Waals surface area (Å²) < 4.78 is 5.63. The molecular weight excluding hydrogens is 324 g/mol. The van der Waals surface area contributed by atoms with Crippen LogP contribution in [0, 0.1) is 5.92 Å². The molecule has 1 aromatic carbocycles. The van der Waals surface area contributed by atoms with Crippen LogP contribution in [0.1, 0.15) is 43.8 Å². The molecule has 0 saturated carbocycles. The van der Waals surface area contributed by atoms with Gasteiger partial charge >= 0.3 is 0 Å². The molecule has 1 N–H and O–H groups in total. The number of rotatable bonds is 8. The summed E-state index contributed by atoms with van der Waals surface area (Å²) in [5.41, 5.74) is 0.946. The fraction of sp³-hybridized carbons (Fsp3) is 0.591. The zero-order valence-corrected chi connectivity index (χ0v) is 16.0. The van der Waals surface area contributed by atoms with Crippen LogP contribution in [0.2, 0.25) is 0 Å². The summed E-state index contributed by atoms with van der Waals surface area (Å²) in [5.74, 6) is 0.692. The Labute approximate surface area is 157 Å². The van der Waals surface area contributed by atoms with Gasteiger partial charge in [0.05, 0.1) is 26.2 Å². The van der Waals surface area contributed by atoms with Gasteiger partial charge in [0, 0.05) is 26.5 Å². The highest BCUT2D eigenvalue weighted by Crippen LogP contribution is 2.23. The normalized spacial score (nSPS) is 21.7. The van der Waals surface area contributed by atoms with Gasteiger partial charge in [-0.25, -0.2) is 0 Å². The predicted octanol–water partition coefficient (Wildman–Crippen LogP) is 2.24. The number of nitrogens with one attached hydrogen (secondary N) is 1. The second-order valence-corrected chi connectivity index (χ2v) is 7.67. The van der Waals surface area contributed by atoms with Crippen LogP contribution in [0.25, 0.3) is 0 Å². The highest BCUT2D eigenvalue weighted by molar-refractivity contribution is 5.82. The lowest BCUT2D eigenvalue weighted by Crippen LogP contribution is -3.10. The third-order valence-corrected chi connectivity index (χ3v) is 5.78. The number of likely N-dealkylation sites (tertiary alicyclic amines) is 1. The van der Waals surface area contributed by atoms with E-state index in [-0.39, 0.29) is 5.91 Å². The van der Waals surface area contributed by atoms with Crippen molar-refractivity contribution in [1.29, 1.82) is 0 Å². The number of quaternary nitrogens is 1. The molecule has 1 aliphatic heterocycles. The number of hydrogen-bond acceptors (Lipinski definition) is 2. The summed E-state index contributed by atoms with van der Waals surface area (Å²) in [6.45, 7) is 5.24. The van der Waals surface area contributed by atoms with E-state index in [1.165, 1.54) is 32.4 Å². The molecule has 0 radical (unpaired) electrons. The third kappa shape index (κ3) is 5.18. The van der Waals surface area contributed by atoms with Gasteiger partial charge in [-0.05, 0) is 30.7 Å². The van der Waals surface area contributed by atoms with E-state index >= 15 is 0 Å². The molecule has 1 saturated heterocycles. The molecule has 2 aliphatic rings. The van der Waals surface area contributed by atoms with Gasteiger partial charge in [0.2, 0.25) is 0 Å². The van der Waals surface area contributed by atoms with Crippen molar-refractivity contribution in [3.63, 3.8) is 0 Å². The van der Waals surface area contributed by atoms with Crippen LogP contribution in [0.4, 0.5) is 0 Å². The smallest absolute Gasteiger partial charge is 0.256 e. The number of benzene rings is 1. The highest BCUT2D eigenvalue weighted by atomic mass is 16.5. The number of nitrogens with zero attached hydrogens (tertiary/aromatic N) is 1. The molecule has 1 heterocycles. The summed E-state index contributed by atoms with van der Waals surface area (Å²) >= 11 is 0. The van der Waals surface area contributed by atoms with E-state index in [0.717, 1.165) is 38.0 Å². The quantitative estimate of drug-likeness (QED) is 0.724. The minimum absolute atomic E-state index is 0.117. The van der Waals surface area contributed by atoms with Crippen LogP contribution < -0.4 is 4.90 Å².